The van der Waals surface area contributed by atoms with Gasteiger partial charge < -0.3 is 0 Å². The van der Waals surface area contributed by atoms with Gasteiger partial charge in [0.25, 0.3) is 0 Å². The van der Waals surface area contributed by atoms with E-state index in [2.05, 4.69) is 10.2 Å². The lowest BCUT2D eigenvalue weighted by molar-refractivity contribution is -0.118. The van der Waals surface area contributed by atoms with E-state index in [4.69, 9.17) is 0 Å². The van der Waals surface area contributed by atoms with Crippen molar-refractivity contribution < 1.29 is 4.79 Å². The van der Waals surface area contributed by atoms with Crippen LogP contribution < -0.4 is 0 Å². The highest BCUT2D eigenvalue weighted by Crippen LogP contribution is 2.14. The number of aryl methyl sites for hydroxylation is 1. The van der Waals surface area contributed by atoms with Gasteiger partial charge in [-0.1, -0.05) is 0 Å². The van der Waals surface area contributed by atoms with Gasteiger partial charge in [-0.3, -0.25) is 9.89 Å². The van der Waals surface area contributed by atoms with Crippen LogP contribution in [-0.4, -0.2) is 16.0 Å². The Labute approximate surface area is 58.4 Å². The zero-order valence-corrected chi connectivity index (χ0v) is 5.55. The molecule has 0 bridgehead atoms. The highest BCUT2D eigenvalue weighted by atomic mass is 16.1. The lowest BCUT2D eigenvalue weighted by Gasteiger charge is -2.07. The van der Waals surface area contributed by atoms with Crippen LogP contribution in [0.2, 0.25) is 0 Å². The van der Waals surface area contributed by atoms with Gasteiger partial charge in [-0.25, -0.2) is 0 Å². The fourth-order valence-electron chi connectivity index (χ4n) is 1.27. The van der Waals surface area contributed by atoms with Crippen LogP contribution in [0.1, 0.15) is 17.7 Å². The average Bonchev–Trinajstić information content (AvgIpc) is 2.33. The fraction of sp³-hybridized carbons (Fsp3) is 0.429. The molecule has 0 aromatic carbocycles. The van der Waals surface area contributed by atoms with E-state index >= 15 is 0 Å². The standard InChI is InChI=1S/C7H8N2O/c10-6-1-2-7-5(3-6)4-8-9-7/h4H,1-3H2,(H,8,9). The van der Waals surface area contributed by atoms with Crippen LogP contribution >= 0.6 is 0 Å². The Hall–Kier alpha value is -1.12. The van der Waals surface area contributed by atoms with Gasteiger partial charge in [-0.05, 0) is 6.42 Å². The molecule has 52 valence electrons. The van der Waals surface area contributed by atoms with Gasteiger partial charge in [0, 0.05) is 24.1 Å². The van der Waals surface area contributed by atoms with Gasteiger partial charge in [-0.2, -0.15) is 5.10 Å². The van der Waals surface area contributed by atoms with E-state index in [0.717, 1.165) is 17.7 Å². The number of aromatic amines is 1. The maximum Gasteiger partial charge on any atom is 0.137 e. The number of nitrogens with zero attached hydrogens (tertiary/aromatic N) is 1. The molecule has 1 aliphatic rings. The van der Waals surface area contributed by atoms with Crippen LogP contribution in [0.15, 0.2) is 6.20 Å². The number of hydrogen-bond donors (Lipinski definition) is 1. The van der Waals surface area contributed by atoms with Crippen molar-refractivity contribution >= 4 is 5.78 Å². The number of H-pyrrole nitrogens is 1. The number of aromatic nitrogens is 2. The molecule has 0 saturated carbocycles. The molecule has 0 unspecified atom stereocenters. The third-order valence-electron chi connectivity index (χ3n) is 1.85. The Morgan fingerprint density at radius 3 is 3.30 bits per heavy atom. The topological polar surface area (TPSA) is 45.8 Å². The van der Waals surface area contributed by atoms with E-state index in [9.17, 15) is 4.79 Å². The first kappa shape index (κ1) is 5.65. The number of carbonyl (C=O) groups excluding carboxylic acids is 1. The summed E-state index contributed by atoms with van der Waals surface area (Å²) >= 11 is 0. The van der Waals surface area contributed by atoms with Crippen molar-refractivity contribution in [3.63, 3.8) is 0 Å². The summed E-state index contributed by atoms with van der Waals surface area (Å²) in [7, 11) is 0. The number of hydrogen-bond acceptors (Lipinski definition) is 2. The number of ketones is 1. The van der Waals surface area contributed by atoms with E-state index in [1.54, 1.807) is 6.20 Å². The molecule has 0 aliphatic heterocycles. The molecule has 1 heterocycles. The molecule has 0 fully saturated rings. The maximum atomic E-state index is 10.9. The minimum atomic E-state index is 0.328. The van der Waals surface area contributed by atoms with Crippen molar-refractivity contribution in [1.29, 1.82) is 0 Å². The quantitative estimate of drug-likeness (QED) is 0.563. The Bertz CT molecular complexity index is 264. The third kappa shape index (κ3) is 0.744. The Kier molecular flexibility index (Phi) is 1.09. The van der Waals surface area contributed by atoms with Gasteiger partial charge >= 0.3 is 0 Å². The average molecular weight is 136 g/mol. The van der Waals surface area contributed by atoms with E-state index in [1.165, 1.54) is 0 Å². The number of nitrogens with one attached hydrogen (secondary N) is 1. The molecule has 1 aliphatic carbocycles. The fourth-order valence-corrected chi connectivity index (χ4v) is 1.27. The van der Waals surface area contributed by atoms with E-state index < -0.39 is 0 Å². The van der Waals surface area contributed by atoms with Crippen LogP contribution in [0.25, 0.3) is 0 Å². The van der Waals surface area contributed by atoms with Crippen molar-refractivity contribution in [2.24, 2.45) is 0 Å². The number of rotatable bonds is 0. The molecule has 0 amide bonds. The highest BCUT2D eigenvalue weighted by Gasteiger charge is 2.15. The van der Waals surface area contributed by atoms with E-state index in [1.807, 2.05) is 0 Å². The third-order valence-corrected chi connectivity index (χ3v) is 1.85. The predicted octanol–water partition coefficient (Wildman–Crippen LogP) is 0.467. The van der Waals surface area contributed by atoms with Gasteiger partial charge in [0.2, 0.25) is 0 Å². The first-order chi connectivity index (χ1) is 4.86. The summed E-state index contributed by atoms with van der Waals surface area (Å²) in [5.41, 5.74) is 2.22. The van der Waals surface area contributed by atoms with Crippen molar-refractivity contribution in [1.82, 2.24) is 10.2 Å². The van der Waals surface area contributed by atoms with E-state index in [0.29, 0.717) is 18.6 Å². The largest absolute Gasteiger partial charge is 0.299 e. The molecule has 0 atom stereocenters. The second kappa shape index (κ2) is 1.94. The Morgan fingerprint density at radius 2 is 2.40 bits per heavy atom. The summed E-state index contributed by atoms with van der Waals surface area (Å²) in [5.74, 6) is 0.328. The first-order valence-corrected chi connectivity index (χ1v) is 3.39. The zero-order valence-electron chi connectivity index (χ0n) is 5.55. The number of fused-ring (bicyclic) bond motifs is 1. The molecule has 2 rings (SSSR count). The molecule has 1 aromatic rings. The second-order valence-corrected chi connectivity index (χ2v) is 2.59. The molecule has 10 heavy (non-hydrogen) atoms. The van der Waals surface area contributed by atoms with Crippen LogP contribution in [0.5, 0.6) is 0 Å². The van der Waals surface area contributed by atoms with E-state index in [-0.39, 0.29) is 0 Å². The SMILES string of the molecule is O=C1CCc2[nH]ncc2C1. The second-order valence-electron chi connectivity index (χ2n) is 2.59. The normalized spacial score (nSPS) is 17.0. The van der Waals surface area contributed by atoms with Gasteiger partial charge in [0.1, 0.15) is 5.78 Å². The van der Waals surface area contributed by atoms with Crippen molar-refractivity contribution in [2.45, 2.75) is 19.3 Å². The maximum absolute atomic E-state index is 10.9. The number of carbonyl (C=O) groups is 1. The summed E-state index contributed by atoms with van der Waals surface area (Å²) in [6, 6.07) is 0. The lowest BCUT2D eigenvalue weighted by atomic mass is 9.97. The Balaban J connectivity index is 2.39. The van der Waals surface area contributed by atoms with Crippen LogP contribution in [0.4, 0.5) is 0 Å². The highest BCUT2D eigenvalue weighted by molar-refractivity contribution is 5.82. The molecule has 0 radical (unpaired) electrons. The number of Topliss-reactive ketones (excluding diaryl/α,β-unsaturated/α-hetero) is 1. The predicted molar refractivity (Wildman–Crippen MR) is 35.6 cm³/mol. The van der Waals surface area contributed by atoms with Gasteiger partial charge in [0.15, 0.2) is 0 Å². The Morgan fingerprint density at radius 1 is 1.50 bits per heavy atom. The molecule has 1 aromatic heterocycles. The summed E-state index contributed by atoms with van der Waals surface area (Å²) in [6.45, 7) is 0. The molecule has 1 N–H and O–H groups in total. The molecule has 0 spiro atoms. The molecule has 3 nitrogen and oxygen atoms in total. The summed E-state index contributed by atoms with van der Waals surface area (Å²) in [4.78, 5) is 10.9. The molecular formula is C7H8N2O. The van der Waals surface area contributed by atoms with Crippen molar-refractivity contribution in [3.8, 4) is 0 Å². The monoisotopic (exact) mass is 136 g/mol. The summed E-state index contributed by atoms with van der Waals surface area (Å²) in [6.07, 6.45) is 3.83. The van der Waals surface area contributed by atoms with Gasteiger partial charge in [-0.15, -0.1) is 0 Å². The van der Waals surface area contributed by atoms with Crippen LogP contribution in [0.3, 0.4) is 0 Å². The molecule has 3 heteroatoms. The summed E-state index contributed by atoms with van der Waals surface area (Å²) in [5, 5.41) is 6.74. The molecular weight excluding hydrogens is 128 g/mol. The smallest absolute Gasteiger partial charge is 0.137 e. The van der Waals surface area contributed by atoms with Crippen LogP contribution in [0, 0.1) is 0 Å². The van der Waals surface area contributed by atoms with Crippen LogP contribution in [-0.2, 0) is 17.6 Å². The summed E-state index contributed by atoms with van der Waals surface area (Å²) < 4.78 is 0. The minimum Gasteiger partial charge on any atom is -0.299 e. The van der Waals surface area contributed by atoms with Crippen molar-refractivity contribution in [2.75, 3.05) is 0 Å². The van der Waals surface area contributed by atoms with Crippen molar-refractivity contribution in [3.05, 3.63) is 17.5 Å². The first-order valence-electron chi connectivity index (χ1n) is 3.39. The van der Waals surface area contributed by atoms with Gasteiger partial charge in [0.05, 0.1) is 6.20 Å². The molecule has 0 saturated heterocycles. The minimum absolute atomic E-state index is 0.328. The lowest BCUT2D eigenvalue weighted by Crippen LogP contribution is -2.11. The zero-order chi connectivity index (χ0) is 6.97.